The molecular formula is C21H22N4O. The first kappa shape index (κ1) is 17.6. The van der Waals surface area contributed by atoms with Crippen molar-refractivity contribution in [2.45, 2.75) is 27.3 Å². The van der Waals surface area contributed by atoms with Crippen LogP contribution in [-0.4, -0.2) is 15.8 Å². The maximum atomic E-state index is 11.5. The Hall–Kier alpha value is -3.21. The zero-order valence-electron chi connectivity index (χ0n) is 15.2. The van der Waals surface area contributed by atoms with Gasteiger partial charge in [-0.05, 0) is 38.5 Å². The van der Waals surface area contributed by atoms with Crippen LogP contribution >= 0.6 is 0 Å². The molecule has 0 atom stereocenters. The summed E-state index contributed by atoms with van der Waals surface area (Å²) >= 11 is 0. The number of ketones is 1. The minimum absolute atomic E-state index is 0.0271. The molecule has 2 N–H and O–H groups in total. The fraction of sp³-hybridized carbons (Fsp3) is 0.190. The molecule has 5 nitrogen and oxygen atoms in total. The van der Waals surface area contributed by atoms with E-state index >= 15 is 0 Å². The van der Waals surface area contributed by atoms with Crippen molar-refractivity contribution >= 4 is 23.2 Å². The fourth-order valence-corrected chi connectivity index (χ4v) is 2.67. The third-order valence-corrected chi connectivity index (χ3v) is 3.94. The number of aryl methyl sites for hydroxylation is 2. The number of anilines is 3. The van der Waals surface area contributed by atoms with Gasteiger partial charge in [-0.2, -0.15) is 4.98 Å². The number of rotatable bonds is 6. The van der Waals surface area contributed by atoms with Crippen LogP contribution in [0.1, 0.15) is 34.1 Å². The van der Waals surface area contributed by atoms with Crippen LogP contribution < -0.4 is 10.6 Å². The number of nitrogens with one attached hydrogen (secondary N) is 2. The van der Waals surface area contributed by atoms with Gasteiger partial charge in [0.2, 0.25) is 5.95 Å². The molecule has 0 unspecified atom stereocenters. The topological polar surface area (TPSA) is 66.9 Å². The van der Waals surface area contributed by atoms with E-state index < -0.39 is 0 Å². The highest BCUT2D eigenvalue weighted by atomic mass is 16.1. The number of hydrogen-bond acceptors (Lipinski definition) is 5. The second-order valence-electron chi connectivity index (χ2n) is 6.32. The third-order valence-electron chi connectivity index (χ3n) is 3.94. The predicted octanol–water partition coefficient (Wildman–Crippen LogP) is 4.65. The molecule has 26 heavy (non-hydrogen) atoms. The highest BCUT2D eigenvalue weighted by Gasteiger charge is 2.05. The molecule has 0 amide bonds. The quantitative estimate of drug-likeness (QED) is 0.636. The van der Waals surface area contributed by atoms with E-state index in [0.29, 0.717) is 18.1 Å². The Morgan fingerprint density at radius 3 is 2.58 bits per heavy atom. The van der Waals surface area contributed by atoms with Gasteiger partial charge in [-0.3, -0.25) is 4.79 Å². The monoisotopic (exact) mass is 346 g/mol. The second kappa shape index (κ2) is 7.78. The molecule has 3 rings (SSSR count). The average molecular weight is 346 g/mol. The van der Waals surface area contributed by atoms with Crippen molar-refractivity contribution in [2.75, 3.05) is 10.6 Å². The Labute approximate surface area is 153 Å². The molecule has 0 saturated carbocycles. The molecule has 132 valence electrons. The molecule has 1 aromatic heterocycles. The van der Waals surface area contributed by atoms with Crippen LogP contribution in [0, 0.1) is 13.8 Å². The first-order valence-electron chi connectivity index (χ1n) is 8.53. The van der Waals surface area contributed by atoms with Gasteiger partial charge in [-0.25, -0.2) is 4.98 Å². The van der Waals surface area contributed by atoms with Crippen LogP contribution in [0.5, 0.6) is 0 Å². The van der Waals surface area contributed by atoms with Crippen molar-refractivity contribution in [3.8, 4) is 0 Å². The van der Waals surface area contributed by atoms with Crippen LogP contribution in [0.3, 0.4) is 0 Å². The minimum atomic E-state index is 0.0271. The van der Waals surface area contributed by atoms with Crippen molar-refractivity contribution in [3.63, 3.8) is 0 Å². The number of nitrogens with zero attached hydrogens (tertiary/aromatic N) is 2. The smallest absolute Gasteiger partial charge is 0.229 e. The van der Waals surface area contributed by atoms with Crippen molar-refractivity contribution in [3.05, 3.63) is 77.0 Å². The molecule has 3 aromatic rings. The standard InChI is InChI=1S/C21H22N4O/c1-14-6-4-7-17(10-14)13-22-20-11-15(2)23-21(25-20)24-19-9-5-8-18(12-19)16(3)26/h4-12H,13H2,1-3H3,(H2,22,23,24,25). The summed E-state index contributed by atoms with van der Waals surface area (Å²) < 4.78 is 0. The fourth-order valence-electron chi connectivity index (χ4n) is 2.67. The Morgan fingerprint density at radius 1 is 1.00 bits per heavy atom. The van der Waals surface area contributed by atoms with Gasteiger partial charge in [0.15, 0.2) is 5.78 Å². The largest absolute Gasteiger partial charge is 0.366 e. The number of carbonyl (C=O) groups excluding carboxylic acids is 1. The van der Waals surface area contributed by atoms with Gasteiger partial charge < -0.3 is 10.6 Å². The molecule has 2 aromatic carbocycles. The Balaban J connectivity index is 1.75. The number of hydrogen-bond donors (Lipinski definition) is 2. The van der Waals surface area contributed by atoms with Gasteiger partial charge in [0.1, 0.15) is 5.82 Å². The number of benzene rings is 2. The van der Waals surface area contributed by atoms with Crippen LogP contribution in [0.25, 0.3) is 0 Å². The summed E-state index contributed by atoms with van der Waals surface area (Å²) in [6.45, 7) is 6.25. The summed E-state index contributed by atoms with van der Waals surface area (Å²) in [5.74, 6) is 1.28. The molecule has 0 spiro atoms. The minimum Gasteiger partial charge on any atom is -0.366 e. The first-order valence-corrected chi connectivity index (χ1v) is 8.53. The third kappa shape index (κ3) is 4.66. The summed E-state index contributed by atoms with van der Waals surface area (Å²) in [6, 6.07) is 17.6. The van der Waals surface area contributed by atoms with Crippen LogP contribution in [-0.2, 0) is 6.54 Å². The molecule has 0 fully saturated rings. The number of Topliss-reactive ketones (excluding diaryl/α,β-unsaturated/α-hetero) is 1. The summed E-state index contributed by atoms with van der Waals surface area (Å²) in [7, 11) is 0. The maximum absolute atomic E-state index is 11.5. The van der Waals surface area contributed by atoms with Gasteiger partial charge in [0.25, 0.3) is 0 Å². The number of carbonyl (C=O) groups is 1. The normalized spacial score (nSPS) is 10.4. The first-order chi connectivity index (χ1) is 12.5. The van der Waals surface area contributed by atoms with Gasteiger partial charge in [-0.1, -0.05) is 42.0 Å². The maximum Gasteiger partial charge on any atom is 0.229 e. The van der Waals surface area contributed by atoms with Crippen LogP contribution in [0.4, 0.5) is 17.5 Å². The molecular weight excluding hydrogens is 324 g/mol. The van der Waals surface area contributed by atoms with Gasteiger partial charge in [0.05, 0.1) is 0 Å². The summed E-state index contributed by atoms with van der Waals surface area (Å²) in [6.07, 6.45) is 0. The van der Waals surface area contributed by atoms with Gasteiger partial charge in [-0.15, -0.1) is 0 Å². The number of aromatic nitrogens is 2. The molecule has 0 bridgehead atoms. The summed E-state index contributed by atoms with van der Waals surface area (Å²) in [4.78, 5) is 20.5. The molecule has 0 aliphatic carbocycles. The predicted molar refractivity (Wildman–Crippen MR) is 105 cm³/mol. The second-order valence-corrected chi connectivity index (χ2v) is 6.32. The lowest BCUT2D eigenvalue weighted by molar-refractivity contribution is 0.101. The molecule has 0 saturated heterocycles. The van der Waals surface area contributed by atoms with E-state index in [2.05, 4.69) is 45.7 Å². The Kier molecular flexibility index (Phi) is 5.27. The lowest BCUT2D eigenvalue weighted by atomic mass is 10.1. The lowest BCUT2D eigenvalue weighted by Gasteiger charge is -2.11. The SMILES string of the molecule is CC(=O)c1cccc(Nc2nc(C)cc(NCc3cccc(C)c3)n2)c1. The molecule has 0 radical (unpaired) electrons. The molecule has 0 aliphatic heterocycles. The average Bonchev–Trinajstić information content (AvgIpc) is 2.60. The van der Waals surface area contributed by atoms with E-state index in [0.717, 1.165) is 17.2 Å². The van der Waals surface area contributed by atoms with Gasteiger partial charge in [0, 0.05) is 29.6 Å². The molecule has 0 aliphatic rings. The van der Waals surface area contributed by atoms with Gasteiger partial charge >= 0.3 is 0 Å². The van der Waals surface area contributed by atoms with Crippen LogP contribution in [0.15, 0.2) is 54.6 Å². The summed E-state index contributed by atoms with van der Waals surface area (Å²) in [5, 5.41) is 6.51. The van der Waals surface area contributed by atoms with E-state index in [1.807, 2.05) is 31.2 Å². The zero-order chi connectivity index (χ0) is 18.5. The Bertz CT molecular complexity index is 937. The van der Waals surface area contributed by atoms with E-state index in [4.69, 9.17) is 0 Å². The van der Waals surface area contributed by atoms with Crippen molar-refractivity contribution in [1.82, 2.24) is 9.97 Å². The van der Waals surface area contributed by atoms with Crippen molar-refractivity contribution in [2.24, 2.45) is 0 Å². The molecule has 1 heterocycles. The van der Waals surface area contributed by atoms with E-state index in [1.165, 1.54) is 11.1 Å². The highest BCUT2D eigenvalue weighted by molar-refractivity contribution is 5.95. The zero-order valence-corrected chi connectivity index (χ0v) is 15.2. The van der Waals surface area contributed by atoms with Crippen molar-refractivity contribution in [1.29, 1.82) is 0 Å². The highest BCUT2D eigenvalue weighted by Crippen LogP contribution is 2.18. The van der Waals surface area contributed by atoms with E-state index in [1.54, 1.807) is 19.1 Å². The van der Waals surface area contributed by atoms with Crippen LogP contribution in [0.2, 0.25) is 0 Å². The molecule has 5 heteroatoms. The van der Waals surface area contributed by atoms with E-state index in [9.17, 15) is 4.79 Å². The Morgan fingerprint density at radius 2 is 1.81 bits per heavy atom. The van der Waals surface area contributed by atoms with E-state index in [-0.39, 0.29) is 5.78 Å². The summed E-state index contributed by atoms with van der Waals surface area (Å²) in [5.41, 5.74) is 4.73. The lowest BCUT2D eigenvalue weighted by Crippen LogP contribution is -2.06. The van der Waals surface area contributed by atoms with Crippen molar-refractivity contribution < 1.29 is 4.79 Å².